The Bertz CT molecular complexity index is 936. The smallest absolute Gasteiger partial charge is 0.357 e. The summed E-state index contributed by atoms with van der Waals surface area (Å²) in [6.45, 7) is 0.672. The first-order chi connectivity index (χ1) is 12.6. The van der Waals surface area contributed by atoms with Gasteiger partial charge >= 0.3 is 5.97 Å². The summed E-state index contributed by atoms with van der Waals surface area (Å²) >= 11 is 11.8. The maximum atomic E-state index is 12.3. The molecule has 1 aromatic heterocycles. The lowest BCUT2D eigenvalue weighted by atomic mass is 10.1. The molecule has 3 aromatic rings. The van der Waals surface area contributed by atoms with Gasteiger partial charge in [0.1, 0.15) is 18.1 Å². The number of halogens is 2. The number of carbonyl (C=O) groups excluding carboxylic acids is 1. The maximum absolute atomic E-state index is 12.3. The number of nitrogens with zero attached hydrogens (tertiary/aromatic N) is 2. The van der Waals surface area contributed by atoms with Gasteiger partial charge in [0.05, 0.1) is 12.2 Å². The molecule has 0 saturated carbocycles. The van der Waals surface area contributed by atoms with Gasteiger partial charge in [0.15, 0.2) is 6.10 Å². The van der Waals surface area contributed by atoms with Gasteiger partial charge in [0.25, 0.3) is 0 Å². The van der Waals surface area contributed by atoms with Crippen LogP contribution in [-0.4, -0.2) is 28.5 Å². The summed E-state index contributed by atoms with van der Waals surface area (Å²) in [6, 6.07) is 16.1. The van der Waals surface area contributed by atoms with Crippen LogP contribution < -0.4 is 4.74 Å². The quantitative estimate of drug-likeness (QED) is 0.618. The number of hydrogen-bond acceptors (Lipinski definition) is 4. The molecule has 0 aliphatic carbocycles. The van der Waals surface area contributed by atoms with Gasteiger partial charge in [-0.2, -0.15) is 5.10 Å². The van der Waals surface area contributed by atoms with Crippen LogP contribution in [0.4, 0.5) is 0 Å². The Hall–Kier alpha value is -2.50. The van der Waals surface area contributed by atoms with Gasteiger partial charge in [-0.05, 0) is 42.5 Å². The van der Waals surface area contributed by atoms with Gasteiger partial charge in [-0.3, -0.25) is 4.68 Å². The lowest BCUT2D eigenvalue weighted by Crippen LogP contribution is -2.36. The van der Waals surface area contributed by atoms with E-state index >= 15 is 0 Å². The molecule has 0 N–H and O–H groups in total. The first-order valence-corrected chi connectivity index (χ1v) is 8.77. The molecule has 2 aromatic carbocycles. The third kappa shape index (κ3) is 3.54. The lowest BCUT2D eigenvalue weighted by molar-refractivity contribution is 0.000346. The molecule has 7 heteroatoms. The molecule has 0 saturated heterocycles. The van der Waals surface area contributed by atoms with Crippen molar-refractivity contribution in [1.82, 2.24) is 9.78 Å². The van der Waals surface area contributed by atoms with Crippen LogP contribution in [0.15, 0.2) is 54.6 Å². The van der Waals surface area contributed by atoms with E-state index in [-0.39, 0.29) is 6.61 Å². The number of rotatable bonds is 4. The van der Waals surface area contributed by atoms with E-state index in [1.165, 1.54) is 0 Å². The normalized spacial score (nSPS) is 16.1. The minimum Gasteiger partial charge on any atom is -0.490 e. The van der Waals surface area contributed by atoms with Gasteiger partial charge in [-0.15, -0.1) is 0 Å². The van der Waals surface area contributed by atoms with Crippen molar-refractivity contribution in [2.24, 2.45) is 0 Å². The highest BCUT2D eigenvalue weighted by atomic mass is 35.5. The van der Waals surface area contributed by atoms with Crippen LogP contribution in [0.5, 0.6) is 5.75 Å². The van der Waals surface area contributed by atoms with Gasteiger partial charge in [0.2, 0.25) is 0 Å². The van der Waals surface area contributed by atoms with E-state index in [0.29, 0.717) is 33.7 Å². The Balaban J connectivity index is 1.48. The van der Waals surface area contributed by atoms with Gasteiger partial charge in [0, 0.05) is 15.6 Å². The predicted molar refractivity (Wildman–Crippen MR) is 98.8 cm³/mol. The second kappa shape index (κ2) is 7.02. The molecule has 132 valence electrons. The summed E-state index contributed by atoms with van der Waals surface area (Å²) in [6.07, 6.45) is -0.413. The summed E-state index contributed by atoms with van der Waals surface area (Å²) in [4.78, 5) is 12.3. The van der Waals surface area contributed by atoms with Crippen molar-refractivity contribution in [1.29, 1.82) is 0 Å². The number of carbonyl (C=O) groups is 1. The fourth-order valence-electron chi connectivity index (χ4n) is 2.73. The van der Waals surface area contributed by atoms with Gasteiger partial charge < -0.3 is 9.47 Å². The zero-order chi connectivity index (χ0) is 18.1. The molecule has 2 heterocycles. The average Bonchev–Trinajstić information content (AvgIpc) is 3.07. The fourth-order valence-corrected chi connectivity index (χ4v) is 2.98. The van der Waals surface area contributed by atoms with Crippen LogP contribution in [0.3, 0.4) is 0 Å². The van der Waals surface area contributed by atoms with Gasteiger partial charge in [-0.1, -0.05) is 35.3 Å². The first-order valence-electron chi connectivity index (χ1n) is 8.01. The van der Waals surface area contributed by atoms with Crippen molar-refractivity contribution in [3.05, 3.63) is 70.3 Å². The van der Waals surface area contributed by atoms with Crippen LogP contribution in [0.2, 0.25) is 10.0 Å². The molecule has 0 fully saturated rings. The number of hydrogen-bond donors (Lipinski definition) is 0. The number of cyclic esters (lactones) is 1. The maximum Gasteiger partial charge on any atom is 0.357 e. The third-order valence-electron chi connectivity index (χ3n) is 4.03. The Morgan fingerprint density at radius 1 is 1.08 bits per heavy atom. The highest BCUT2D eigenvalue weighted by Crippen LogP contribution is 2.24. The molecule has 1 aliphatic rings. The van der Waals surface area contributed by atoms with Crippen molar-refractivity contribution in [2.75, 3.05) is 6.61 Å². The van der Waals surface area contributed by atoms with Gasteiger partial charge in [-0.25, -0.2) is 4.79 Å². The molecule has 1 atom stereocenters. The highest BCUT2D eigenvalue weighted by Gasteiger charge is 2.29. The summed E-state index contributed by atoms with van der Waals surface area (Å²) in [5, 5.41) is 5.80. The van der Waals surface area contributed by atoms with E-state index in [4.69, 9.17) is 32.7 Å². The largest absolute Gasteiger partial charge is 0.490 e. The molecule has 5 nitrogen and oxygen atoms in total. The third-order valence-corrected chi connectivity index (χ3v) is 4.53. The van der Waals surface area contributed by atoms with Crippen LogP contribution in [0, 0.1) is 0 Å². The van der Waals surface area contributed by atoms with E-state index in [0.717, 1.165) is 5.56 Å². The molecule has 0 amide bonds. The number of aromatic nitrogens is 2. The fraction of sp³-hybridized carbons (Fsp3) is 0.158. The number of benzene rings is 2. The molecule has 0 spiro atoms. The Morgan fingerprint density at radius 3 is 2.42 bits per heavy atom. The van der Waals surface area contributed by atoms with Crippen LogP contribution >= 0.6 is 23.2 Å². The van der Waals surface area contributed by atoms with E-state index in [9.17, 15) is 4.79 Å². The summed E-state index contributed by atoms with van der Waals surface area (Å²) in [5.74, 6) is 0.257. The molecule has 1 unspecified atom stereocenters. The summed E-state index contributed by atoms with van der Waals surface area (Å²) in [5.41, 5.74) is 2.02. The van der Waals surface area contributed by atoms with Crippen molar-refractivity contribution in [3.8, 4) is 17.0 Å². The molecular formula is C19H14Cl2N2O3. The number of fused-ring (bicyclic) bond motifs is 1. The molecule has 0 bridgehead atoms. The Kier molecular flexibility index (Phi) is 4.57. The second-order valence-corrected chi connectivity index (χ2v) is 6.77. The van der Waals surface area contributed by atoms with E-state index in [1.807, 2.05) is 12.1 Å². The van der Waals surface area contributed by atoms with E-state index in [1.54, 1.807) is 47.1 Å². The van der Waals surface area contributed by atoms with Crippen molar-refractivity contribution < 1.29 is 14.3 Å². The zero-order valence-corrected chi connectivity index (χ0v) is 15.1. The highest BCUT2D eigenvalue weighted by molar-refractivity contribution is 6.30. The zero-order valence-electron chi connectivity index (χ0n) is 13.6. The lowest BCUT2D eigenvalue weighted by Gasteiger charge is -2.23. The minimum atomic E-state index is -0.413. The molecule has 1 aliphatic heterocycles. The minimum absolute atomic E-state index is 0.239. The summed E-state index contributed by atoms with van der Waals surface area (Å²) in [7, 11) is 0. The van der Waals surface area contributed by atoms with E-state index < -0.39 is 12.1 Å². The SMILES string of the molecule is O=C1OC(COc2ccc(Cl)cc2)Cn2nc(-c3ccc(Cl)cc3)cc21. The number of ether oxygens (including phenoxy) is 2. The van der Waals surface area contributed by atoms with Crippen molar-refractivity contribution >= 4 is 29.2 Å². The number of esters is 1. The molecule has 0 radical (unpaired) electrons. The van der Waals surface area contributed by atoms with Crippen molar-refractivity contribution in [3.63, 3.8) is 0 Å². The summed E-state index contributed by atoms with van der Waals surface area (Å²) < 4.78 is 12.8. The standard InChI is InChI=1S/C19H14Cl2N2O3/c20-13-3-1-12(2-4-13)17-9-18-19(24)26-16(10-23(18)22-17)11-25-15-7-5-14(21)6-8-15/h1-9,16H,10-11H2. The molecule has 4 rings (SSSR count). The Labute approximate surface area is 160 Å². The van der Waals surface area contributed by atoms with Crippen LogP contribution in [-0.2, 0) is 11.3 Å². The first kappa shape index (κ1) is 16.9. The topological polar surface area (TPSA) is 53.4 Å². The van der Waals surface area contributed by atoms with Crippen LogP contribution in [0.25, 0.3) is 11.3 Å². The Morgan fingerprint density at radius 2 is 1.73 bits per heavy atom. The molecular weight excluding hydrogens is 375 g/mol. The predicted octanol–water partition coefficient (Wildman–Crippen LogP) is 4.47. The molecule has 26 heavy (non-hydrogen) atoms. The average molecular weight is 389 g/mol. The van der Waals surface area contributed by atoms with E-state index in [2.05, 4.69) is 5.10 Å². The monoisotopic (exact) mass is 388 g/mol. The van der Waals surface area contributed by atoms with Crippen LogP contribution in [0.1, 0.15) is 10.5 Å². The van der Waals surface area contributed by atoms with Crippen molar-refractivity contribution in [2.45, 2.75) is 12.6 Å². The second-order valence-electron chi connectivity index (χ2n) is 5.90.